The number of nitrogens with zero attached hydrogens (tertiary/aromatic N) is 1. The summed E-state index contributed by atoms with van der Waals surface area (Å²) in [6.45, 7) is 6.24. The summed E-state index contributed by atoms with van der Waals surface area (Å²) in [5.74, 6) is -0.149. The van der Waals surface area contributed by atoms with Gasteiger partial charge < -0.3 is 5.32 Å². The highest BCUT2D eigenvalue weighted by atomic mass is 16.1. The Bertz CT molecular complexity index is 881. The van der Waals surface area contributed by atoms with E-state index in [1.165, 1.54) is 16.7 Å². The lowest BCUT2D eigenvalue weighted by molar-refractivity contribution is 0.102. The summed E-state index contributed by atoms with van der Waals surface area (Å²) >= 11 is 0. The molecule has 0 spiro atoms. The monoisotopic (exact) mass is 330 g/mol. The Morgan fingerprint density at radius 1 is 1.00 bits per heavy atom. The third kappa shape index (κ3) is 3.94. The Kier molecular flexibility index (Phi) is 4.94. The molecule has 1 amide bonds. The van der Waals surface area contributed by atoms with Crippen LogP contribution in [-0.4, -0.2) is 10.9 Å². The second kappa shape index (κ2) is 7.31. The number of hydrogen-bond donors (Lipinski definition) is 1. The van der Waals surface area contributed by atoms with Crippen molar-refractivity contribution in [3.63, 3.8) is 0 Å². The first kappa shape index (κ1) is 16.9. The van der Waals surface area contributed by atoms with Crippen LogP contribution >= 0.6 is 0 Å². The van der Waals surface area contributed by atoms with Gasteiger partial charge in [-0.05, 0) is 61.7 Å². The maximum atomic E-state index is 12.4. The molecule has 3 aromatic rings. The molecule has 1 N–H and O–H groups in total. The second-order valence-corrected chi connectivity index (χ2v) is 6.26. The van der Waals surface area contributed by atoms with Crippen LogP contribution in [0.25, 0.3) is 11.3 Å². The van der Waals surface area contributed by atoms with Gasteiger partial charge in [0.05, 0.1) is 11.3 Å². The van der Waals surface area contributed by atoms with Gasteiger partial charge in [-0.1, -0.05) is 36.8 Å². The van der Waals surface area contributed by atoms with E-state index in [4.69, 9.17) is 0 Å². The van der Waals surface area contributed by atoms with E-state index in [0.29, 0.717) is 5.56 Å². The van der Waals surface area contributed by atoms with Gasteiger partial charge in [0.1, 0.15) is 0 Å². The molecule has 0 aliphatic heterocycles. The fourth-order valence-corrected chi connectivity index (χ4v) is 2.73. The lowest BCUT2D eigenvalue weighted by Gasteiger charge is -2.09. The van der Waals surface area contributed by atoms with Crippen LogP contribution in [0.4, 0.5) is 5.69 Å². The third-order valence-electron chi connectivity index (χ3n) is 4.31. The average molecular weight is 330 g/mol. The molecule has 3 heteroatoms. The summed E-state index contributed by atoms with van der Waals surface area (Å²) in [6.07, 6.45) is 2.62. The molecule has 2 aromatic carbocycles. The molecule has 0 aliphatic rings. The number of anilines is 1. The number of hydrogen-bond acceptors (Lipinski definition) is 2. The number of aryl methyl sites for hydroxylation is 3. The predicted octanol–water partition coefficient (Wildman–Crippen LogP) is 5.18. The molecule has 0 aliphatic carbocycles. The van der Waals surface area contributed by atoms with E-state index in [9.17, 15) is 4.79 Å². The zero-order valence-electron chi connectivity index (χ0n) is 14.8. The first-order valence-corrected chi connectivity index (χ1v) is 8.51. The van der Waals surface area contributed by atoms with E-state index in [-0.39, 0.29) is 5.91 Å². The zero-order valence-corrected chi connectivity index (χ0v) is 14.8. The van der Waals surface area contributed by atoms with E-state index >= 15 is 0 Å². The molecule has 1 aromatic heterocycles. The van der Waals surface area contributed by atoms with Crippen molar-refractivity contribution in [2.24, 2.45) is 0 Å². The Balaban J connectivity index is 1.77. The smallest absolute Gasteiger partial charge is 0.257 e. The van der Waals surface area contributed by atoms with Gasteiger partial charge in [0, 0.05) is 17.4 Å². The zero-order chi connectivity index (χ0) is 17.8. The maximum Gasteiger partial charge on any atom is 0.257 e. The van der Waals surface area contributed by atoms with Gasteiger partial charge in [-0.25, -0.2) is 0 Å². The quantitative estimate of drug-likeness (QED) is 0.716. The topological polar surface area (TPSA) is 42.0 Å². The minimum Gasteiger partial charge on any atom is -0.322 e. The van der Waals surface area contributed by atoms with Crippen LogP contribution in [0.1, 0.15) is 34.0 Å². The van der Waals surface area contributed by atoms with Crippen molar-refractivity contribution in [3.05, 3.63) is 83.0 Å². The van der Waals surface area contributed by atoms with Crippen molar-refractivity contribution < 1.29 is 4.79 Å². The van der Waals surface area contributed by atoms with Crippen LogP contribution in [0.3, 0.4) is 0 Å². The Labute approximate surface area is 148 Å². The van der Waals surface area contributed by atoms with Gasteiger partial charge in [-0.2, -0.15) is 0 Å². The number of nitrogens with one attached hydrogen (secondary N) is 1. The van der Waals surface area contributed by atoms with E-state index in [0.717, 1.165) is 23.4 Å². The Hall–Kier alpha value is -2.94. The number of carbonyl (C=O) groups excluding carboxylic acids is 1. The van der Waals surface area contributed by atoms with Crippen molar-refractivity contribution >= 4 is 11.6 Å². The molecule has 3 nitrogen and oxygen atoms in total. The normalized spacial score (nSPS) is 10.5. The molecule has 0 saturated heterocycles. The summed E-state index contributed by atoms with van der Waals surface area (Å²) in [6, 6.07) is 17.9. The number of amides is 1. The second-order valence-electron chi connectivity index (χ2n) is 6.26. The minimum absolute atomic E-state index is 0.149. The first-order chi connectivity index (χ1) is 12.1. The molecule has 0 fully saturated rings. The molecule has 0 bridgehead atoms. The Morgan fingerprint density at radius 3 is 2.40 bits per heavy atom. The van der Waals surface area contributed by atoms with Crippen molar-refractivity contribution in [3.8, 4) is 11.3 Å². The van der Waals surface area contributed by atoms with E-state index in [1.807, 2.05) is 36.4 Å². The number of aromatic nitrogens is 1. The fourth-order valence-electron chi connectivity index (χ4n) is 2.73. The third-order valence-corrected chi connectivity index (χ3v) is 4.31. The summed E-state index contributed by atoms with van der Waals surface area (Å²) in [4.78, 5) is 16.9. The largest absolute Gasteiger partial charge is 0.322 e. The number of benzene rings is 2. The highest BCUT2D eigenvalue weighted by Crippen LogP contribution is 2.23. The van der Waals surface area contributed by atoms with Crippen molar-refractivity contribution in [1.82, 2.24) is 4.98 Å². The summed E-state index contributed by atoms with van der Waals surface area (Å²) in [7, 11) is 0. The van der Waals surface area contributed by atoms with Crippen LogP contribution in [-0.2, 0) is 6.42 Å². The highest BCUT2D eigenvalue weighted by molar-refractivity contribution is 6.04. The van der Waals surface area contributed by atoms with Gasteiger partial charge >= 0.3 is 0 Å². The van der Waals surface area contributed by atoms with Gasteiger partial charge in [0.2, 0.25) is 0 Å². The number of rotatable bonds is 4. The average Bonchev–Trinajstić information content (AvgIpc) is 2.64. The predicted molar refractivity (Wildman–Crippen MR) is 103 cm³/mol. The summed E-state index contributed by atoms with van der Waals surface area (Å²) < 4.78 is 0. The highest BCUT2D eigenvalue weighted by Gasteiger charge is 2.09. The SMILES string of the molecule is CCc1ccc(NC(=O)c2ccc(-c3cc(C)ccc3C)nc2)cc1. The van der Waals surface area contributed by atoms with Gasteiger partial charge in [0.25, 0.3) is 5.91 Å². The van der Waals surface area contributed by atoms with Crippen molar-refractivity contribution in [1.29, 1.82) is 0 Å². The van der Waals surface area contributed by atoms with Gasteiger partial charge in [-0.3, -0.25) is 9.78 Å². The van der Waals surface area contributed by atoms with Crippen LogP contribution < -0.4 is 5.32 Å². The molecule has 1 heterocycles. The first-order valence-electron chi connectivity index (χ1n) is 8.51. The van der Waals surface area contributed by atoms with Gasteiger partial charge in [0.15, 0.2) is 0 Å². The van der Waals surface area contributed by atoms with E-state index in [2.05, 4.69) is 49.3 Å². The van der Waals surface area contributed by atoms with Gasteiger partial charge in [-0.15, -0.1) is 0 Å². The Morgan fingerprint density at radius 2 is 1.76 bits per heavy atom. The molecule has 0 unspecified atom stereocenters. The van der Waals surface area contributed by atoms with E-state index < -0.39 is 0 Å². The van der Waals surface area contributed by atoms with Crippen molar-refractivity contribution in [2.75, 3.05) is 5.32 Å². The fraction of sp³-hybridized carbons (Fsp3) is 0.182. The lowest BCUT2D eigenvalue weighted by atomic mass is 10.0. The molecule has 3 rings (SSSR count). The van der Waals surface area contributed by atoms with Crippen LogP contribution in [0.15, 0.2) is 60.8 Å². The minimum atomic E-state index is -0.149. The van der Waals surface area contributed by atoms with Crippen LogP contribution in [0.2, 0.25) is 0 Å². The lowest BCUT2D eigenvalue weighted by Crippen LogP contribution is -2.12. The summed E-state index contributed by atoms with van der Waals surface area (Å²) in [5, 5.41) is 2.91. The van der Waals surface area contributed by atoms with E-state index in [1.54, 1.807) is 6.20 Å². The number of pyridine rings is 1. The molecular formula is C22H22N2O. The molecule has 25 heavy (non-hydrogen) atoms. The molecule has 0 atom stereocenters. The molecule has 126 valence electrons. The standard InChI is InChI=1S/C22H22N2O/c1-4-17-7-10-19(11-8-17)24-22(25)18-9-12-21(23-14-18)20-13-15(2)5-6-16(20)3/h5-14H,4H2,1-3H3,(H,24,25). The van der Waals surface area contributed by atoms with Crippen LogP contribution in [0, 0.1) is 13.8 Å². The van der Waals surface area contributed by atoms with Crippen LogP contribution in [0.5, 0.6) is 0 Å². The van der Waals surface area contributed by atoms with Crippen molar-refractivity contribution in [2.45, 2.75) is 27.2 Å². The molecule has 0 saturated carbocycles. The maximum absolute atomic E-state index is 12.4. The summed E-state index contributed by atoms with van der Waals surface area (Å²) in [5.41, 5.74) is 6.94. The molecular weight excluding hydrogens is 308 g/mol. The number of carbonyl (C=O) groups is 1. The molecule has 0 radical (unpaired) electrons.